The molecule has 0 bridgehead atoms. The van der Waals surface area contributed by atoms with Crippen LogP contribution in [-0.2, 0) is 4.79 Å². The molecule has 1 fully saturated rings. The second kappa shape index (κ2) is 5.05. The number of nitrogens with zero attached hydrogens (tertiary/aromatic N) is 1. The lowest BCUT2D eigenvalue weighted by atomic mass is 10.1. The first-order valence-corrected chi connectivity index (χ1v) is 5.64. The van der Waals surface area contributed by atoms with Crippen molar-refractivity contribution in [3.05, 3.63) is 22.4 Å². The number of aromatic amines is 2. The zero-order valence-corrected chi connectivity index (χ0v) is 9.95. The Kier molecular flexibility index (Phi) is 3.47. The van der Waals surface area contributed by atoms with Gasteiger partial charge in [0.05, 0.1) is 0 Å². The Labute approximate surface area is 103 Å². The molecule has 98 valence electrons. The maximum Gasteiger partial charge on any atom is 0.323 e. The third-order valence-electron chi connectivity index (χ3n) is 2.88. The minimum absolute atomic E-state index is 0.163. The van der Waals surface area contributed by atoms with E-state index in [1.54, 1.807) is 0 Å². The van der Waals surface area contributed by atoms with Crippen molar-refractivity contribution in [1.82, 2.24) is 25.5 Å². The van der Waals surface area contributed by atoms with Gasteiger partial charge < -0.3 is 25.5 Å². The second-order valence-electron chi connectivity index (χ2n) is 3.99. The summed E-state index contributed by atoms with van der Waals surface area (Å²) in [6.45, 7) is 1.44. The van der Waals surface area contributed by atoms with E-state index in [9.17, 15) is 14.4 Å². The molecule has 0 aliphatic carbocycles. The van der Waals surface area contributed by atoms with E-state index in [2.05, 4.69) is 20.6 Å². The third kappa shape index (κ3) is 2.28. The average molecular weight is 253 g/mol. The summed E-state index contributed by atoms with van der Waals surface area (Å²) in [6, 6.07) is -0.561. The monoisotopic (exact) mass is 253 g/mol. The molecule has 8 nitrogen and oxygen atoms in total. The fourth-order valence-corrected chi connectivity index (χ4v) is 1.95. The van der Waals surface area contributed by atoms with Crippen LogP contribution in [0.4, 0.5) is 0 Å². The summed E-state index contributed by atoms with van der Waals surface area (Å²) >= 11 is 0. The van der Waals surface area contributed by atoms with E-state index < -0.39 is 11.7 Å². The molecule has 0 saturated carbocycles. The minimum atomic E-state index is -0.561. The average Bonchev–Trinajstić information content (AvgIpc) is 2.83. The smallest absolute Gasteiger partial charge is 0.323 e. The van der Waals surface area contributed by atoms with Crippen LogP contribution in [0.25, 0.3) is 0 Å². The number of likely N-dealkylation sites (N-methyl/N-ethyl adjacent to an activating group) is 1. The first-order chi connectivity index (χ1) is 8.63. The quantitative estimate of drug-likeness (QED) is 0.482. The number of amides is 2. The van der Waals surface area contributed by atoms with Crippen molar-refractivity contribution < 1.29 is 9.59 Å². The van der Waals surface area contributed by atoms with Gasteiger partial charge in [0, 0.05) is 32.9 Å². The molecule has 2 amide bonds. The van der Waals surface area contributed by atoms with Crippen molar-refractivity contribution in [3.63, 3.8) is 0 Å². The Bertz CT molecular complexity index is 506. The molecule has 1 unspecified atom stereocenters. The van der Waals surface area contributed by atoms with Crippen LogP contribution in [0.5, 0.6) is 0 Å². The third-order valence-corrected chi connectivity index (χ3v) is 2.88. The molecule has 0 spiro atoms. The van der Waals surface area contributed by atoms with E-state index in [1.807, 2.05) is 0 Å². The number of nitrogens with one attached hydrogen (secondary N) is 4. The number of carbonyl (C=O) groups excluding carboxylic acids is 2. The maximum absolute atomic E-state index is 12.2. The molecule has 1 aliphatic rings. The normalized spacial score (nSPS) is 19.6. The maximum atomic E-state index is 12.2. The van der Waals surface area contributed by atoms with Gasteiger partial charge in [-0.2, -0.15) is 0 Å². The molecule has 1 atom stereocenters. The highest BCUT2D eigenvalue weighted by Crippen LogP contribution is 2.08. The van der Waals surface area contributed by atoms with E-state index in [0.717, 1.165) is 0 Å². The van der Waals surface area contributed by atoms with Gasteiger partial charge in [-0.15, -0.1) is 0 Å². The summed E-state index contributed by atoms with van der Waals surface area (Å²) in [5.41, 5.74) is -0.277. The van der Waals surface area contributed by atoms with Crippen molar-refractivity contribution in [2.75, 3.05) is 26.7 Å². The van der Waals surface area contributed by atoms with E-state index in [-0.39, 0.29) is 17.5 Å². The Balaban J connectivity index is 2.21. The number of hydrogen-bond donors (Lipinski definition) is 4. The van der Waals surface area contributed by atoms with E-state index in [4.69, 9.17) is 0 Å². The summed E-state index contributed by atoms with van der Waals surface area (Å²) < 4.78 is 0. The number of H-pyrrole nitrogens is 2. The molecule has 2 heterocycles. The summed E-state index contributed by atoms with van der Waals surface area (Å²) in [6.07, 6.45) is 1.31. The van der Waals surface area contributed by atoms with E-state index in [0.29, 0.717) is 19.6 Å². The highest BCUT2D eigenvalue weighted by molar-refractivity contribution is 5.96. The van der Waals surface area contributed by atoms with Gasteiger partial charge in [0.1, 0.15) is 11.7 Å². The van der Waals surface area contributed by atoms with Gasteiger partial charge in [-0.25, -0.2) is 4.79 Å². The van der Waals surface area contributed by atoms with Crippen molar-refractivity contribution in [1.29, 1.82) is 0 Å². The van der Waals surface area contributed by atoms with Crippen LogP contribution in [-0.4, -0.2) is 59.4 Å². The van der Waals surface area contributed by atoms with Crippen LogP contribution in [0.15, 0.2) is 11.0 Å². The van der Waals surface area contributed by atoms with Crippen LogP contribution in [0.1, 0.15) is 10.5 Å². The molecule has 1 aromatic heterocycles. The Morgan fingerprint density at radius 3 is 2.89 bits per heavy atom. The Morgan fingerprint density at radius 2 is 2.28 bits per heavy atom. The number of rotatable bonds is 2. The lowest BCUT2D eigenvalue weighted by Crippen LogP contribution is -2.59. The van der Waals surface area contributed by atoms with E-state index >= 15 is 0 Å². The Morgan fingerprint density at radius 1 is 1.50 bits per heavy atom. The Hall–Kier alpha value is -2.09. The summed E-state index contributed by atoms with van der Waals surface area (Å²) in [4.78, 5) is 41.1. The zero-order chi connectivity index (χ0) is 13.1. The molecule has 1 aliphatic heterocycles. The fraction of sp³-hybridized carbons (Fsp3) is 0.500. The molecule has 1 saturated heterocycles. The molecule has 1 aromatic rings. The van der Waals surface area contributed by atoms with Crippen molar-refractivity contribution in [3.8, 4) is 0 Å². The van der Waals surface area contributed by atoms with Gasteiger partial charge >= 0.3 is 5.69 Å². The minimum Gasteiger partial charge on any atom is -0.357 e. The largest absolute Gasteiger partial charge is 0.357 e. The summed E-state index contributed by atoms with van der Waals surface area (Å²) in [7, 11) is 1.53. The molecule has 0 radical (unpaired) electrons. The first kappa shape index (κ1) is 12.4. The van der Waals surface area contributed by atoms with Gasteiger partial charge in [-0.1, -0.05) is 0 Å². The highest BCUT2D eigenvalue weighted by Gasteiger charge is 2.32. The van der Waals surface area contributed by atoms with Crippen LogP contribution in [0, 0.1) is 0 Å². The number of imidazole rings is 1. The molecular weight excluding hydrogens is 238 g/mol. The van der Waals surface area contributed by atoms with Crippen molar-refractivity contribution in [2.45, 2.75) is 6.04 Å². The molecule has 8 heteroatoms. The fourth-order valence-electron chi connectivity index (χ4n) is 1.95. The molecule has 4 N–H and O–H groups in total. The van der Waals surface area contributed by atoms with Crippen LogP contribution >= 0.6 is 0 Å². The van der Waals surface area contributed by atoms with Crippen molar-refractivity contribution >= 4 is 11.8 Å². The summed E-state index contributed by atoms with van der Waals surface area (Å²) in [5, 5.41) is 5.58. The van der Waals surface area contributed by atoms with Crippen LogP contribution in [0.2, 0.25) is 0 Å². The molecule has 18 heavy (non-hydrogen) atoms. The lowest BCUT2D eigenvalue weighted by Gasteiger charge is -2.34. The van der Waals surface area contributed by atoms with Gasteiger partial charge in [0.15, 0.2) is 0 Å². The first-order valence-electron chi connectivity index (χ1n) is 5.64. The highest BCUT2D eigenvalue weighted by atomic mass is 16.2. The lowest BCUT2D eigenvalue weighted by molar-refractivity contribution is -0.125. The predicted octanol–water partition coefficient (Wildman–Crippen LogP) is -2.14. The molecule has 2 rings (SSSR count). The second-order valence-corrected chi connectivity index (χ2v) is 3.99. The number of aromatic nitrogens is 2. The number of carbonyl (C=O) groups is 2. The van der Waals surface area contributed by atoms with Crippen LogP contribution in [0.3, 0.4) is 0 Å². The summed E-state index contributed by atoms with van der Waals surface area (Å²) in [5.74, 6) is -0.586. The number of hydrogen-bond acceptors (Lipinski definition) is 4. The molecule has 0 aromatic carbocycles. The number of piperazine rings is 1. The van der Waals surface area contributed by atoms with Gasteiger partial charge in [0.2, 0.25) is 5.91 Å². The SMILES string of the molecule is CNC(=O)C1CNCCN1C(=O)c1c[nH]c(=O)[nH]1. The topological polar surface area (TPSA) is 110 Å². The van der Waals surface area contributed by atoms with Crippen LogP contribution < -0.4 is 16.3 Å². The van der Waals surface area contributed by atoms with E-state index in [1.165, 1.54) is 18.1 Å². The van der Waals surface area contributed by atoms with Gasteiger partial charge in [-0.3, -0.25) is 9.59 Å². The standard InChI is InChI=1S/C10H15N5O3/c1-11-8(16)7-5-12-2-3-15(7)9(17)6-4-13-10(18)14-6/h4,7,12H,2-3,5H2,1H3,(H,11,16)(H2,13,14,18). The van der Waals surface area contributed by atoms with Crippen molar-refractivity contribution in [2.24, 2.45) is 0 Å². The predicted molar refractivity (Wildman–Crippen MR) is 63.2 cm³/mol. The van der Waals surface area contributed by atoms with Gasteiger partial charge in [0.25, 0.3) is 5.91 Å². The zero-order valence-electron chi connectivity index (χ0n) is 9.95. The molecular formula is C10H15N5O3. The van der Waals surface area contributed by atoms with Gasteiger partial charge in [-0.05, 0) is 0 Å².